The largest absolute Gasteiger partial charge is 0.336 e. The fourth-order valence-corrected chi connectivity index (χ4v) is 1.65. The lowest BCUT2D eigenvalue weighted by molar-refractivity contribution is -0.119. The van der Waals surface area contributed by atoms with Crippen LogP contribution in [-0.2, 0) is 4.79 Å². The number of rotatable bonds is 5. The lowest BCUT2D eigenvalue weighted by Gasteiger charge is -2.15. The number of hydrogen-bond acceptors (Lipinski definition) is 3. The van der Waals surface area contributed by atoms with Crippen LogP contribution in [0, 0.1) is 5.82 Å². The molecule has 20 heavy (non-hydrogen) atoms. The van der Waals surface area contributed by atoms with E-state index in [4.69, 9.17) is 0 Å². The van der Waals surface area contributed by atoms with Gasteiger partial charge < -0.3 is 10.6 Å². The molecule has 0 radical (unpaired) electrons. The summed E-state index contributed by atoms with van der Waals surface area (Å²) in [6, 6.07) is 5.44. The fourth-order valence-electron chi connectivity index (χ4n) is 1.65. The molecular formula is C14H20FN3O2. The van der Waals surface area contributed by atoms with Crippen molar-refractivity contribution in [1.29, 1.82) is 0 Å². The Hall–Kier alpha value is -1.95. The molecule has 0 aliphatic carbocycles. The first-order valence-corrected chi connectivity index (χ1v) is 6.48. The van der Waals surface area contributed by atoms with Crippen LogP contribution in [0.1, 0.15) is 32.4 Å². The van der Waals surface area contributed by atoms with Crippen LogP contribution >= 0.6 is 0 Å². The van der Waals surface area contributed by atoms with Crippen molar-refractivity contribution in [3.8, 4) is 0 Å². The van der Waals surface area contributed by atoms with Crippen molar-refractivity contribution in [1.82, 2.24) is 16.0 Å². The molecule has 1 unspecified atom stereocenters. The van der Waals surface area contributed by atoms with Crippen molar-refractivity contribution in [2.45, 2.75) is 32.9 Å². The first kappa shape index (κ1) is 16.1. The highest BCUT2D eigenvalue weighted by molar-refractivity contribution is 5.95. The van der Waals surface area contributed by atoms with E-state index in [1.165, 1.54) is 6.07 Å². The van der Waals surface area contributed by atoms with Crippen molar-refractivity contribution in [2.24, 2.45) is 0 Å². The smallest absolute Gasteiger partial charge is 0.321 e. The zero-order valence-electron chi connectivity index (χ0n) is 11.9. The number of benzene rings is 1. The predicted molar refractivity (Wildman–Crippen MR) is 74.6 cm³/mol. The highest BCUT2D eigenvalue weighted by Crippen LogP contribution is 2.15. The summed E-state index contributed by atoms with van der Waals surface area (Å²) in [5.74, 6) is -0.795. The molecule has 0 saturated heterocycles. The SMILES string of the molecule is CC(C)NC(=O)NC(=O)CNC(C)c1ccccc1F. The summed E-state index contributed by atoms with van der Waals surface area (Å²) in [5.41, 5.74) is 0.479. The molecule has 0 bridgehead atoms. The topological polar surface area (TPSA) is 70.2 Å². The number of urea groups is 1. The highest BCUT2D eigenvalue weighted by atomic mass is 19.1. The number of hydrogen-bond donors (Lipinski definition) is 3. The third-order valence-electron chi connectivity index (χ3n) is 2.61. The molecule has 3 N–H and O–H groups in total. The van der Waals surface area contributed by atoms with Crippen LogP contribution in [0.5, 0.6) is 0 Å². The first-order chi connectivity index (χ1) is 9.40. The van der Waals surface area contributed by atoms with E-state index in [2.05, 4.69) is 16.0 Å². The van der Waals surface area contributed by atoms with E-state index in [0.29, 0.717) is 5.56 Å². The molecule has 0 saturated carbocycles. The first-order valence-electron chi connectivity index (χ1n) is 6.48. The average Bonchev–Trinajstić information content (AvgIpc) is 2.35. The molecule has 0 spiro atoms. The van der Waals surface area contributed by atoms with Gasteiger partial charge in [0, 0.05) is 17.6 Å². The van der Waals surface area contributed by atoms with E-state index < -0.39 is 11.9 Å². The zero-order valence-corrected chi connectivity index (χ0v) is 11.9. The summed E-state index contributed by atoms with van der Waals surface area (Å²) in [7, 11) is 0. The van der Waals surface area contributed by atoms with Crippen LogP contribution in [0.2, 0.25) is 0 Å². The maximum absolute atomic E-state index is 13.5. The second-order valence-electron chi connectivity index (χ2n) is 4.80. The maximum atomic E-state index is 13.5. The molecule has 1 aromatic rings. The maximum Gasteiger partial charge on any atom is 0.321 e. The Morgan fingerprint density at radius 2 is 1.85 bits per heavy atom. The molecule has 1 atom stereocenters. The summed E-state index contributed by atoms with van der Waals surface area (Å²) in [4.78, 5) is 22.8. The van der Waals surface area contributed by atoms with Crippen LogP contribution in [-0.4, -0.2) is 24.5 Å². The minimum atomic E-state index is -0.537. The molecule has 0 fully saturated rings. The van der Waals surface area contributed by atoms with E-state index in [1.54, 1.807) is 39.0 Å². The Balaban J connectivity index is 2.41. The summed E-state index contributed by atoms with van der Waals surface area (Å²) < 4.78 is 13.5. The van der Waals surface area contributed by atoms with Gasteiger partial charge in [0.2, 0.25) is 5.91 Å². The zero-order chi connectivity index (χ0) is 15.1. The Kier molecular flexibility index (Phi) is 6.11. The van der Waals surface area contributed by atoms with Gasteiger partial charge in [-0.3, -0.25) is 10.1 Å². The molecule has 0 aliphatic heterocycles. The van der Waals surface area contributed by atoms with Crippen molar-refractivity contribution in [3.05, 3.63) is 35.6 Å². The Labute approximate surface area is 117 Å². The summed E-state index contributed by atoms with van der Waals surface area (Å²) in [5, 5.41) is 7.60. The molecule has 1 aromatic carbocycles. The van der Waals surface area contributed by atoms with Crippen molar-refractivity contribution in [3.63, 3.8) is 0 Å². The van der Waals surface area contributed by atoms with E-state index in [0.717, 1.165) is 0 Å². The van der Waals surface area contributed by atoms with Gasteiger partial charge in [0.05, 0.1) is 6.54 Å². The van der Waals surface area contributed by atoms with Gasteiger partial charge >= 0.3 is 6.03 Å². The quantitative estimate of drug-likeness (QED) is 0.769. The van der Waals surface area contributed by atoms with Gasteiger partial charge in [-0.25, -0.2) is 9.18 Å². The number of carbonyl (C=O) groups is 2. The number of imide groups is 1. The number of nitrogens with one attached hydrogen (secondary N) is 3. The van der Waals surface area contributed by atoms with Crippen LogP contribution in [0.3, 0.4) is 0 Å². The van der Waals surface area contributed by atoms with Gasteiger partial charge in [-0.05, 0) is 26.8 Å². The lowest BCUT2D eigenvalue weighted by Crippen LogP contribution is -2.45. The van der Waals surface area contributed by atoms with Crippen molar-refractivity contribution in [2.75, 3.05) is 6.54 Å². The number of halogens is 1. The third kappa shape index (κ3) is 5.36. The monoisotopic (exact) mass is 281 g/mol. The van der Waals surface area contributed by atoms with Gasteiger partial charge in [0.25, 0.3) is 0 Å². The van der Waals surface area contributed by atoms with Crippen molar-refractivity contribution >= 4 is 11.9 Å². The second-order valence-corrected chi connectivity index (χ2v) is 4.80. The molecular weight excluding hydrogens is 261 g/mol. The Bertz CT molecular complexity index is 477. The van der Waals surface area contributed by atoms with Crippen LogP contribution < -0.4 is 16.0 Å². The minimum absolute atomic E-state index is 0.0481. The molecule has 0 aromatic heterocycles. The molecule has 110 valence electrons. The molecule has 3 amide bonds. The van der Waals surface area contributed by atoms with E-state index in [1.807, 2.05) is 0 Å². The van der Waals surface area contributed by atoms with Gasteiger partial charge in [-0.1, -0.05) is 18.2 Å². The fraction of sp³-hybridized carbons (Fsp3) is 0.429. The molecule has 5 nitrogen and oxygen atoms in total. The van der Waals surface area contributed by atoms with E-state index in [-0.39, 0.29) is 24.4 Å². The van der Waals surface area contributed by atoms with Gasteiger partial charge in [0.15, 0.2) is 0 Å². The van der Waals surface area contributed by atoms with Crippen LogP contribution in [0.25, 0.3) is 0 Å². The third-order valence-corrected chi connectivity index (χ3v) is 2.61. The van der Waals surface area contributed by atoms with E-state index >= 15 is 0 Å². The molecule has 6 heteroatoms. The average molecular weight is 281 g/mol. The lowest BCUT2D eigenvalue weighted by atomic mass is 10.1. The van der Waals surface area contributed by atoms with Crippen LogP contribution in [0.15, 0.2) is 24.3 Å². The number of amides is 3. The molecule has 0 aliphatic rings. The Morgan fingerprint density at radius 3 is 2.45 bits per heavy atom. The highest BCUT2D eigenvalue weighted by Gasteiger charge is 2.13. The normalized spacial score (nSPS) is 12.1. The number of carbonyl (C=O) groups excluding carboxylic acids is 2. The summed E-state index contributed by atoms with van der Waals surface area (Å²) >= 11 is 0. The Morgan fingerprint density at radius 1 is 1.20 bits per heavy atom. The summed E-state index contributed by atoms with van der Waals surface area (Å²) in [6.45, 7) is 5.27. The second kappa shape index (κ2) is 7.59. The van der Waals surface area contributed by atoms with Gasteiger partial charge in [-0.15, -0.1) is 0 Å². The van der Waals surface area contributed by atoms with E-state index in [9.17, 15) is 14.0 Å². The van der Waals surface area contributed by atoms with Crippen molar-refractivity contribution < 1.29 is 14.0 Å². The van der Waals surface area contributed by atoms with Crippen LogP contribution in [0.4, 0.5) is 9.18 Å². The predicted octanol–water partition coefficient (Wildman–Crippen LogP) is 1.71. The molecule has 0 heterocycles. The summed E-state index contributed by atoms with van der Waals surface area (Å²) in [6.07, 6.45) is 0. The molecule has 1 rings (SSSR count). The minimum Gasteiger partial charge on any atom is -0.336 e. The standard InChI is InChI=1S/C14H20FN3O2/c1-9(2)17-14(20)18-13(19)8-16-10(3)11-6-4-5-7-12(11)15/h4-7,9-10,16H,8H2,1-3H3,(H2,17,18,19,20). The van der Waals surface area contributed by atoms with Gasteiger partial charge in [-0.2, -0.15) is 0 Å². The van der Waals surface area contributed by atoms with Gasteiger partial charge in [0.1, 0.15) is 5.82 Å².